The molecule has 1 heterocycles. The van der Waals surface area contributed by atoms with Gasteiger partial charge >= 0.3 is 5.97 Å². The molecule has 0 aromatic heterocycles. The zero-order valence-electron chi connectivity index (χ0n) is 11.9. The molecule has 0 spiro atoms. The fraction of sp³-hybridized carbons (Fsp3) is 0.176. The third kappa shape index (κ3) is 2.90. The molecule has 3 rings (SSSR count). The van der Waals surface area contributed by atoms with E-state index in [4.69, 9.17) is 4.74 Å². The van der Waals surface area contributed by atoms with Crippen molar-refractivity contribution in [3.05, 3.63) is 63.6 Å². The maximum absolute atomic E-state index is 12.0. The minimum atomic E-state index is -0.328. The molecule has 0 saturated carbocycles. The summed E-state index contributed by atoms with van der Waals surface area (Å²) in [4.78, 5) is 23.3. The molecule has 112 valence electrons. The van der Waals surface area contributed by atoms with E-state index in [-0.39, 0.29) is 18.0 Å². The number of rotatable bonds is 3. The van der Waals surface area contributed by atoms with Gasteiger partial charge in [0.05, 0.1) is 5.56 Å². The van der Waals surface area contributed by atoms with Crippen molar-refractivity contribution in [2.24, 2.45) is 0 Å². The maximum Gasteiger partial charge on any atom is 0.339 e. The predicted molar refractivity (Wildman–Crippen MR) is 86.7 cm³/mol. The van der Waals surface area contributed by atoms with Gasteiger partial charge in [-0.05, 0) is 23.8 Å². The first-order chi connectivity index (χ1) is 10.5. The Morgan fingerprint density at radius 1 is 1.27 bits per heavy atom. The van der Waals surface area contributed by atoms with E-state index in [0.29, 0.717) is 12.0 Å². The second-order valence-corrected chi connectivity index (χ2v) is 6.08. The van der Waals surface area contributed by atoms with Crippen LogP contribution < -0.4 is 5.32 Å². The van der Waals surface area contributed by atoms with E-state index >= 15 is 0 Å². The normalized spacial score (nSPS) is 16.1. The van der Waals surface area contributed by atoms with E-state index in [1.165, 1.54) is 6.92 Å². The number of halogens is 1. The molecule has 1 aliphatic rings. The molecule has 2 aromatic carbocycles. The third-order valence-corrected chi connectivity index (χ3v) is 4.06. The smallest absolute Gasteiger partial charge is 0.339 e. The lowest BCUT2D eigenvalue weighted by Crippen LogP contribution is -2.10. The molecule has 1 aliphatic heterocycles. The summed E-state index contributed by atoms with van der Waals surface area (Å²) in [6, 6.07) is 13.1. The van der Waals surface area contributed by atoms with E-state index in [2.05, 4.69) is 21.2 Å². The van der Waals surface area contributed by atoms with Crippen LogP contribution in [0.5, 0.6) is 0 Å². The van der Waals surface area contributed by atoms with Gasteiger partial charge in [0.25, 0.3) is 0 Å². The number of benzene rings is 2. The lowest BCUT2D eigenvalue weighted by atomic mass is 9.98. The first kappa shape index (κ1) is 14.8. The summed E-state index contributed by atoms with van der Waals surface area (Å²) in [7, 11) is 0. The highest BCUT2D eigenvalue weighted by Crippen LogP contribution is 2.35. The number of ether oxygens (including phenoxy) is 1. The van der Waals surface area contributed by atoms with E-state index in [9.17, 15) is 9.59 Å². The van der Waals surface area contributed by atoms with Crippen molar-refractivity contribution in [1.82, 2.24) is 0 Å². The summed E-state index contributed by atoms with van der Waals surface area (Å²) in [5, 5.41) is 2.80. The molecule has 0 aliphatic carbocycles. The van der Waals surface area contributed by atoms with E-state index in [1.807, 2.05) is 36.4 Å². The van der Waals surface area contributed by atoms with Crippen molar-refractivity contribution in [1.29, 1.82) is 0 Å². The van der Waals surface area contributed by atoms with Gasteiger partial charge in [-0.25, -0.2) is 4.79 Å². The van der Waals surface area contributed by atoms with Crippen LogP contribution in [-0.2, 0) is 16.0 Å². The van der Waals surface area contributed by atoms with Gasteiger partial charge < -0.3 is 10.1 Å². The molecule has 0 saturated heterocycles. The van der Waals surface area contributed by atoms with Crippen molar-refractivity contribution in [3.8, 4) is 0 Å². The predicted octanol–water partition coefficient (Wildman–Crippen LogP) is 3.86. The molecule has 1 atom stereocenters. The number of hydrogen-bond acceptors (Lipinski definition) is 3. The van der Waals surface area contributed by atoms with Crippen LogP contribution >= 0.6 is 15.9 Å². The molecule has 1 amide bonds. The van der Waals surface area contributed by atoms with Gasteiger partial charge in [-0.1, -0.05) is 40.2 Å². The van der Waals surface area contributed by atoms with Crippen LogP contribution in [0.15, 0.2) is 46.9 Å². The maximum atomic E-state index is 12.0. The number of hydrogen-bond donors (Lipinski definition) is 1. The number of fused-ring (bicyclic) bond motifs is 1. The first-order valence-electron chi connectivity index (χ1n) is 6.90. The molecule has 4 nitrogen and oxygen atoms in total. The summed E-state index contributed by atoms with van der Waals surface area (Å²) in [5.74, 6) is -0.432. The SMILES string of the molecule is CC(=O)Nc1ccccc1CC1OC(=O)c2cc(Br)ccc21. The van der Waals surface area contributed by atoms with Gasteiger partial charge in [0.1, 0.15) is 6.10 Å². The Morgan fingerprint density at radius 2 is 2.05 bits per heavy atom. The average Bonchev–Trinajstić information content (AvgIpc) is 2.76. The Kier molecular flexibility index (Phi) is 3.98. The molecule has 0 fully saturated rings. The fourth-order valence-electron chi connectivity index (χ4n) is 2.60. The standard InChI is InChI=1S/C17H14BrNO3/c1-10(20)19-15-5-3-2-4-11(15)8-16-13-7-6-12(18)9-14(13)17(21)22-16/h2-7,9,16H,8H2,1H3,(H,19,20). The lowest BCUT2D eigenvalue weighted by Gasteiger charge is -2.14. The first-order valence-corrected chi connectivity index (χ1v) is 7.70. The average molecular weight is 360 g/mol. The Morgan fingerprint density at radius 3 is 2.82 bits per heavy atom. The Balaban J connectivity index is 1.90. The van der Waals surface area contributed by atoms with Gasteiger partial charge in [-0.3, -0.25) is 4.79 Å². The van der Waals surface area contributed by atoms with E-state index < -0.39 is 0 Å². The Labute approximate surface area is 136 Å². The topological polar surface area (TPSA) is 55.4 Å². The summed E-state index contributed by atoms with van der Waals surface area (Å²) in [5.41, 5.74) is 3.16. The highest BCUT2D eigenvalue weighted by molar-refractivity contribution is 9.10. The number of carbonyl (C=O) groups excluding carboxylic acids is 2. The van der Waals surface area contributed by atoms with Crippen LogP contribution in [0, 0.1) is 0 Å². The quantitative estimate of drug-likeness (QED) is 0.846. The minimum Gasteiger partial charge on any atom is -0.454 e. The zero-order chi connectivity index (χ0) is 15.7. The second-order valence-electron chi connectivity index (χ2n) is 5.17. The molecule has 2 aromatic rings. The molecule has 22 heavy (non-hydrogen) atoms. The summed E-state index contributed by atoms with van der Waals surface area (Å²) in [6.45, 7) is 1.47. The molecule has 0 radical (unpaired) electrons. The van der Waals surface area contributed by atoms with Gasteiger partial charge in [0.2, 0.25) is 5.91 Å². The van der Waals surface area contributed by atoms with Gasteiger partial charge in [0.15, 0.2) is 0 Å². The van der Waals surface area contributed by atoms with E-state index in [0.717, 1.165) is 21.3 Å². The Bertz CT molecular complexity index is 757. The number of esters is 1. The van der Waals surface area contributed by atoms with Crippen LogP contribution in [0.2, 0.25) is 0 Å². The molecular weight excluding hydrogens is 346 g/mol. The minimum absolute atomic E-state index is 0.125. The molecule has 1 N–H and O–H groups in total. The van der Waals surface area contributed by atoms with Crippen molar-refractivity contribution >= 4 is 33.5 Å². The van der Waals surface area contributed by atoms with Gasteiger partial charge in [-0.2, -0.15) is 0 Å². The number of anilines is 1. The van der Waals surface area contributed by atoms with Gasteiger partial charge in [0, 0.05) is 29.1 Å². The van der Waals surface area contributed by atoms with Crippen LogP contribution in [0.1, 0.15) is 34.5 Å². The van der Waals surface area contributed by atoms with Crippen LogP contribution in [0.3, 0.4) is 0 Å². The van der Waals surface area contributed by atoms with Crippen LogP contribution in [-0.4, -0.2) is 11.9 Å². The molecule has 5 heteroatoms. The van der Waals surface area contributed by atoms with Gasteiger partial charge in [-0.15, -0.1) is 0 Å². The molecule has 0 bridgehead atoms. The third-order valence-electron chi connectivity index (χ3n) is 3.56. The number of amides is 1. The van der Waals surface area contributed by atoms with Crippen LogP contribution in [0.4, 0.5) is 5.69 Å². The van der Waals surface area contributed by atoms with Crippen molar-refractivity contribution in [2.45, 2.75) is 19.4 Å². The summed E-state index contributed by atoms with van der Waals surface area (Å²) in [6.07, 6.45) is 0.196. The lowest BCUT2D eigenvalue weighted by molar-refractivity contribution is -0.114. The number of para-hydroxylation sites is 1. The van der Waals surface area contributed by atoms with Crippen molar-refractivity contribution in [3.63, 3.8) is 0 Å². The number of cyclic esters (lactones) is 1. The van der Waals surface area contributed by atoms with Crippen LogP contribution in [0.25, 0.3) is 0 Å². The number of nitrogens with one attached hydrogen (secondary N) is 1. The fourth-order valence-corrected chi connectivity index (χ4v) is 2.96. The monoisotopic (exact) mass is 359 g/mol. The Hall–Kier alpha value is -2.14. The zero-order valence-corrected chi connectivity index (χ0v) is 13.5. The van der Waals surface area contributed by atoms with Crippen molar-refractivity contribution in [2.75, 3.05) is 5.32 Å². The largest absolute Gasteiger partial charge is 0.454 e. The van der Waals surface area contributed by atoms with Crippen molar-refractivity contribution < 1.29 is 14.3 Å². The van der Waals surface area contributed by atoms with E-state index in [1.54, 1.807) is 6.07 Å². The highest BCUT2D eigenvalue weighted by Gasteiger charge is 2.31. The highest BCUT2D eigenvalue weighted by atomic mass is 79.9. The molecular formula is C17H14BrNO3. The molecule has 1 unspecified atom stereocenters. The summed E-state index contributed by atoms with van der Waals surface area (Å²) < 4.78 is 6.33. The number of carbonyl (C=O) groups is 2. The second kappa shape index (κ2) is 5.93. The summed E-state index contributed by atoms with van der Waals surface area (Å²) >= 11 is 3.36.